The van der Waals surface area contributed by atoms with Crippen LogP contribution in [0.15, 0.2) is 0 Å². The van der Waals surface area contributed by atoms with Gasteiger partial charge in [0.25, 0.3) is 0 Å². The molecule has 1 amide bonds. The number of hydrogen-bond donors (Lipinski definition) is 1. The van der Waals surface area contributed by atoms with Gasteiger partial charge in [0.15, 0.2) is 0 Å². The summed E-state index contributed by atoms with van der Waals surface area (Å²) < 4.78 is 24.6. The lowest BCUT2D eigenvalue weighted by Gasteiger charge is -2.20. The Hall–Kier alpha value is -0.620. The minimum absolute atomic E-state index is 0.0847. The van der Waals surface area contributed by atoms with Crippen molar-refractivity contribution in [1.29, 1.82) is 0 Å². The average molecular weight is 292 g/mol. The van der Waals surface area contributed by atoms with Crippen LogP contribution in [0.2, 0.25) is 0 Å². The van der Waals surface area contributed by atoms with E-state index in [1.54, 1.807) is 0 Å². The van der Waals surface area contributed by atoms with E-state index in [1.807, 2.05) is 13.8 Å². The molecule has 1 N–H and O–H groups in total. The molecule has 0 aromatic carbocycles. The van der Waals surface area contributed by atoms with Crippen LogP contribution in [0.3, 0.4) is 0 Å². The van der Waals surface area contributed by atoms with Crippen molar-refractivity contribution in [2.24, 2.45) is 0 Å². The van der Waals surface area contributed by atoms with Crippen LogP contribution >= 0.6 is 0 Å². The molecule has 0 saturated carbocycles. The molecule has 5 nitrogen and oxygen atoms in total. The van der Waals surface area contributed by atoms with Crippen molar-refractivity contribution in [2.75, 3.05) is 19.3 Å². The summed E-state index contributed by atoms with van der Waals surface area (Å²) in [5.74, 6) is -0.0847. The highest BCUT2D eigenvalue weighted by atomic mass is 32.2. The van der Waals surface area contributed by atoms with Crippen molar-refractivity contribution in [3.05, 3.63) is 0 Å². The predicted octanol–water partition coefficient (Wildman–Crippen LogP) is 1.74. The lowest BCUT2D eigenvalue weighted by molar-refractivity contribution is -0.121. The van der Waals surface area contributed by atoms with E-state index in [-0.39, 0.29) is 24.9 Å². The zero-order chi connectivity index (χ0) is 14.9. The standard InChI is InChI=1S/C13H28N2O3S/c1-5-7-8-10-15(19(4,17)18)11-9-13(16)14-12(3)6-2/h12H,5-11H2,1-4H3,(H,14,16). The highest BCUT2D eigenvalue weighted by Gasteiger charge is 2.17. The van der Waals surface area contributed by atoms with E-state index in [9.17, 15) is 13.2 Å². The molecule has 0 aromatic heterocycles. The van der Waals surface area contributed by atoms with Gasteiger partial charge in [-0.25, -0.2) is 12.7 Å². The van der Waals surface area contributed by atoms with Crippen molar-refractivity contribution >= 4 is 15.9 Å². The monoisotopic (exact) mass is 292 g/mol. The topological polar surface area (TPSA) is 66.5 Å². The summed E-state index contributed by atoms with van der Waals surface area (Å²) in [5.41, 5.74) is 0. The summed E-state index contributed by atoms with van der Waals surface area (Å²) in [6, 6.07) is 0.138. The van der Waals surface area contributed by atoms with Crippen LogP contribution in [-0.2, 0) is 14.8 Å². The van der Waals surface area contributed by atoms with Gasteiger partial charge in [0.2, 0.25) is 15.9 Å². The predicted molar refractivity (Wildman–Crippen MR) is 78.5 cm³/mol. The van der Waals surface area contributed by atoms with E-state index >= 15 is 0 Å². The molecule has 19 heavy (non-hydrogen) atoms. The van der Waals surface area contributed by atoms with Gasteiger partial charge in [0, 0.05) is 25.6 Å². The first-order valence-corrected chi connectivity index (χ1v) is 8.90. The molecule has 0 heterocycles. The summed E-state index contributed by atoms with van der Waals surface area (Å²) in [4.78, 5) is 11.6. The second-order valence-electron chi connectivity index (χ2n) is 5.00. The number of rotatable bonds is 10. The third-order valence-electron chi connectivity index (χ3n) is 3.09. The zero-order valence-corrected chi connectivity index (χ0v) is 13.4. The lowest BCUT2D eigenvalue weighted by Crippen LogP contribution is -2.37. The van der Waals surface area contributed by atoms with Crippen LogP contribution in [-0.4, -0.2) is 44.0 Å². The summed E-state index contributed by atoms with van der Waals surface area (Å²) in [6.45, 7) is 6.78. The van der Waals surface area contributed by atoms with Crippen LogP contribution in [0.25, 0.3) is 0 Å². The van der Waals surface area contributed by atoms with Crippen LogP contribution < -0.4 is 5.32 Å². The van der Waals surface area contributed by atoms with Gasteiger partial charge in [-0.1, -0.05) is 26.7 Å². The maximum atomic E-state index is 11.6. The number of nitrogens with one attached hydrogen (secondary N) is 1. The first kappa shape index (κ1) is 18.4. The minimum Gasteiger partial charge on any atom is -0.354 e. The van der Waals surface area contributed by atoms with Gasteiger partial charge in [-0.2, -0.15) is 0 Å². The fourth-order valence-corrected chi connectivity index (χ4v) is 2.54. The van der Waals surface area contributed by atoms with Gasteiger partial charge in [0.1, 0.15) is 0 Å². The molecule has 0 aromatic rings. The van der Waals surface area contributed by atoms with Crippen LogP contribution in [0, 0.1) is 0 Å². The van der Waals surface area contributed by atoms with Crippen molar-refractivity contribution < 1.29 is 13.2 Å². The van der Waals surface area contributed by atoms with Gasteiger partial charge < -0.3 is 5.32 Å². The van der Waals surface area contributed by atoms with Crippen LogP contribution in [0.1, 0.15) is 52.9 Å². The lowest BCUT2D eigenvalue weighted by atomic mass is 10.2. The Morgan fingerprint density at radius 3 is 2.32 bits per heavy atom. The summed E-state index contributed by atoms with van der Waals surface area (Å²) in [7, 11) is -3.22. The van der Waals surface area contributed by atoms with E-state index in [1.165, 1.54) is 10.6 Å². The summed E-state index contributed by atoms with van der Waals surface area (Å²) in [5, 5.41) is 2.84. The SMILES string of the molecule is CCCCCN(CCC(=O)NC(C)CC)S(C)(=O)=O. The molecule has 1 atom stereocenters. The second-order valence-corrected chi connectivity index (χ2v) is 6.98. The number of amides is 1. The molecule has 0 fully saturated rings. The number of sulfonamides is 1. The number of carbonyl (C=O) groups excluding carboxylic acids is 1. The van der Waals surface area contributed by atoms with E-state index < -0.39 is 10.0 Å². The van der Waals surface area contributed by atoms with Gasteiger partial charge in [-0.15, -0.1) is 0 Å². The largest absolute Gasteiger partial charge is 0.354 e. The van der Waals surface area contributed by atoms with Crippen LogP contribution in [0.5, 0.6) is 0 Å². The Kier molecular flexibility index (Phi) is 9.01. The minimum atomic E-state index is -3.22. The molecular formula is C13H28N2O3S. The van der Waals surface area contributed by atoms with Crippen molar-refractivity contribution in [3.63, 3.8) is 0 Å². The zero-order valence-electron chi connectivity index (χ0n) is 12.6. The van der Waals surface area contributed by atoms with E-state index in [0.29, 0.717) is 6.54 Å². The molecule has 1 unspecified atom stereocenters. The molecule has 0 spiro atoms. The molecule has 0 aliphatic heterocycles. The van der Waals surface area contributed by atoms with E-state index in [4.69, 9.17) is 0 Å². The summed E-state index contributed by atoms with van der Waals surface area (Å²) >= 11 is 0. The van der Waals surface area contributed by atoms with Crippen molar-refractivity contribution in [2.45, 2.75) is 58.9 Å². The Morgan fingerprint density at radius 1 is 1.21 bits per heavy atom. The molecule has 0 radical (unpaired) electrons. The Bertz CT molecular complexity index is 355. The molecule has 0 bridgehead atoms. The smallest absolute Gasteiger partial charge is 0.221 e. The molecule has 0 aliphatic rings. The summed E-state index contributed by atoms with van der Waals surface area (Å²) in [6.07, 6.45) is 5.20. The van der Waals surface area contributed by atoms with Gasteiger partial charge >= 0.3 is 0 Å². The normalized spacial score (nSPS) is 13.5. The first-order valence-electron chi connectivity index (χ1n) is 7.05. The third-order valence-corrected chi connectivity index (χ3v) is 4.39. The van der Waals surface area contributed by atoms with Gasteiger partial charge in [0.05, 0.1) is 6.26 Å². The molecular weight excluding hydrogens is 264 g/mol. The molecule has 0 saturated heterocycles. The average Bonchev–Trinajstić information content (AvgIpc) is 2.31. The van der Waals surface area contributed by atoms with Crippen molar-refractivity contribution in [3.8, 4) is 0 Å². The second kappa shape index (κ2) is 9.31. The fraction of sp³-hybridized carbons (Fsp3) is 0.923. The molecule has 6 heteroatoms. The van der Waals surface area contributed by atoms with Gasteiger partial charge in [-0.05, 0) is 19.8 Å². The molecule has 114 valence electrons. The maximum Gasteiger partial charge on any atom is 0.221 e. The highest BCUT2D eigenvalue weighted by Crippen LogP contribution is 2.04. The maximum absolute atomic E-state index is 11.6. The van der Waals surface area contributed by atoms with Crippen molar-refractivity contribution in [1.82, 2.24) is 9.62 Å². The Morgan fingerprint density at radius 2 is 1.84 bits per heavy atom. The number of carbonyl (C=O) groups is 1. The molecule has 0 rings (SSSR count). The fourth-order valence-electron chi connectivity index (χ4n) is 1.66. The van der Waals surface area contributed by atoms with Gasteiger partial charge in [-0.3, -0.25) is 4.79 Å². The molecule has 0 aliphatic carbocycles. The van der Waals surface area contributed by atoms with E-state index in [0.717, 1.165) is 25.7 Å². The first-order chi connectivity index (χ1) is 8.81. The van der Waals surface area contributed by atoms with Crippen LogP contribution in [0.4, 0.5) is 0 Å². The number of unbranched alkanes of at least 4 members (excludes halogenated alkanes) is 2. The highest BCUT2D eigenvalue weighted by molar-refractivity contribution is 7.88. The quantitative estimate of drug-likeness (QED) is 0.624. The number of nitrogens with zero attached hydrogens (tertiary/aromatic N) is 1. The van der Waals surface area contributed by atoms with E-state index in [2.05, 4.69) is 12.2 Å². The Balaban J connectivity index is 4.23. The third kappa shape index (κ3) is 8.99. The number of hydrogen-bond acceptors (Lipinski definition) is 3. The Labute approximate surface area is 117 Å².